The molecule has 6 nitrogen and oxygen atoms in total. The second-order valence-electron chi connectivity index (χ2n) is 6.04. The van der Waals surface area contributed by atoms with Gasteiger partial charge < -0.3 is 14.5 Å². The van der Waals surface area contributed by atoms with Gasteiger partial charge in [0.25, 0.3) is 5.56 Å². The predicted octanol–water partition coefficient (Wildman–Crippen LogP) is 4.83. The molecule has 28 heavy (non-hydrogen) atoms. The topological polar surface area (TPSA) is 73.5 Å². The zero-order valence-electron chi connectivity index (χ0n) is 17.0. The van der Waals surface area contributed by atoms with Gasteiger partial charge in [-0.25, -0.2) is 9.18 Å². The number of furan rings is 1. The van der Waals surface area contributed by atoms with Crippen LogP contribution in [-0.4, -0.2) is 17.1 Å². The van der Waals surface area contributed by atoms with Gasteiger partial charge in [0, 0.05) is 12.6 Å². The van der Waals surface area contributed by atoms with Crippen LogP contribution in [0.25, 0.3) is 11.0 Å². The summed E-state index contributed by atoms with van der Waals surface area (Å²) in [4.78, 5) is 25.3. The number of ether oxygens (including phenoxy) is 1. The minimum absolute atomic E-state index is 0.0528. The first kappa shape index (κ1) is 21.2. The summed E-state index contributed by atoms with van der Waals surface area (Å²) in [5.41, 5.74) is 1.33. The van der Waals surface area contributed by atoms with E-state index in [9.17, 15) is 14.0 Å². The first-order valence-electron chi connectivity index (χ1n) is 9.16. The Kier molecular flexibility index (Phi) is 6.62. The lowest BCUT2D eigenvalue weighted by molar-refractivity contribution is 0.0528. The van der Waals surface area contributed by atoms with E-state index in [1.807, 2.05) is 13.8 Å². The summed E-state index contributed by atoms with van der Waals surface area (Å²) in [6, 6.07) is 4.63. The summed E-state index contributed by atoms with van der Waals surface area (Å²) >= 11 is 0. The lowest BCUT2D eigenvalue weighted by Gasteiger charge is -2.16. The molecule has 1 aromatic carbocycles. The molecule has 3 rings (SSSR count). The number of benzene rings is 1. The fourth-order valence-corrected chi connectivity index (χ4v) is 2.83. The molecule has 0 unspecified atom stereocenters. The van der Waals surface area contributed by atoms with Crippen LogP contribution in [0.1, 0.15) is 42.3 Å². The number of hydrogen-bond donors (Lipinski definition) is 1. The van der Waals surface area contributed by atoms with Gasteiger partial charge in [0.05, 0.1) is 23.9 Å². The SMILES string of the molecule is CC.CCOC(=O)c1c(Nc2ccc(C)cc2F)n(C)c(=O)c2c(C)coc12. The van der Waals surface area contributed by atoms with Crippen LogP contribution in [0.5, 0.6) is 0 Å². The summed E-state index contributed by atoms with van der Waals surface area (Å²) in [7, 11) is 1.51. The highest BCUT2D eigenvalue weighted by Gasteiger charge is 2.26. The molecule has 0 spiro atoms. The second-order valence-corrected chi connectivity index (χ2v) is 6.04. The number of nitrogens with one attached hydrogen (secondary N) is 1. The molecule has 0 saturated heterocycles. The molecule has 0 radical (unpaired) electrons. The zero-order chi connectivity index (χ0) is 21.0. The molecule has 2 aromatic heterocycles. The monoisotopic (exact) mass is 388 g/mol. The van der Waals surface area contributed by atoms with E-state index in [0.29, 0.717) is 10.9 Å². The largest absolute Gasteiger partial charge is 0.463 e. The summed E-state index contributed by atoms with van der Waals surface area (Å²) < 4.78 is 26.1. The van der Waals surface area contributed by atoms with Crippen LogP contribution in [0.4, 0.5) is 15.9 Å². The van der Waals surface area contributed by atoms with E-state index < -0.39 is 11.8 Å². The fourth-order valence-electron chi connectivity index (χ4n) is 2.83. The number of esters is 1. The molecule has 0 saturated carbocycles. The van der Waals surface area contributed by atoms with E-state index in [0.717, 1.165) is 5.56 Å². The second kappa shape index (κ2) is 8.73. The van der Waals surface area contributed by atoms with Crippen molar-refractivity contribution in [1.82, 2.24) is 4.57 Å². The van der Waals surface area contributed by atoms with E-state index in [4.69, 9.17) is 9.15 Å². The van der Waals surface area contributed by atoms with E-state index in [-0.39, 0.29) is 34.8 Å². The number of rotatable bonds is 4. The average molecular weight is 388 g/mol. The smallest absolute Gasteiger partial charge is 0.345 e. The van der Waals surface area contributed by atoms with Crippen LogP contribution in [0.15, 0.2) is 33.7 Å². The predicted molar refractivity (Wildman–Crippen MR) is 108 cm³/mol. The van der Waals surface area contributed by atoms with Crippen LogP contribution in [0, 0.1) is 19.7 Å². The standard InChI is InChI=1S/C19H19FN2O4.C2H6/c1-5-25-19(24)15-16-14(11(3)9-26-16)18(23)22(4)17(15)21-13-7-6-10(2)8-12(13)20;1-2/h6-9,21H,5H2,1-4H3;1-2H3. The van der Waals surface area contributed by atoms with Crippen LogP contribution in [0.2, 0.25) is 0 Å². The van der Waals surface area contributed by atoms with Crippen molar-refractivity contribution in [1.29, 1.82) is 0 Å². The Bertz CT molecular complexity index is 1070. The summed E-state index contributed by atoms with van der Waals surface area (Å²) in [6.45, 7) is 9.32. The molecular weight excluding hydrogens is 363 g/mol. The molecule has 0 bridgehead atoms. The van der Waals surface area contributed by atoms with Crippen LogP contribution in [-0.2, 0) is 11.8 Å². The molecule has 0 aliphatic heterocycles. The number of hydrogen-bond acceptors (Lipinski definition) is 5. The Morgan fingerprint density at radius 3 is 2.57 bits per heavy atom. The number of nitrogens with zero attached hydrogens (tertiary/aromatic N) is 1. The van der Waals surface area contributed by atoms with Gasteiger partial charge >= 0.3 is 5.97 Å². The van der Waals surface area contributed by atoms with E-state index in [1.54, 1.807) is 32.9 Å². The third-order valence-electron chi connectivity index (χ3n) is 4.15. The molecular formula is C21H25FN2O4. The van der Waals surface area contributed by atoms with Crippen LogP contribution >= 0.6 is 0 Å². The van der Waals surface area contributed by atoms with Crippen molar-refractivity contribution < 1.29 is 18.3 Å². The third-order valence-corrected chi connectivity index (χ3v) is 4.15. The number of carbonyl (C=O) groups is 1. The van der Waals surface area contributed by atoms with Gasteiger partial charge in [-0.15, -0.1) is 0 Å². The van der Waals surface area contributed by atoms with Crippen LogP contribution < -0.4 is 10.9 Å². The molecule has 7 heteroatoms. The van der Waals surface area contributed by atoms with Crippen molar-refractivity contribution in [2.75, 3.05) is 11.9 Å². The lowest BCUT2D eigenvalue weighted by atomic mass is 10.1. The maximum Gasteiger partial charge on any atom is 0.345 e. The number of anilines is 2. The number of fused-ring (bicyclic) bond motifs is 1. The van der Waals surface area contributed by atoms with Gasteiger partial charge in [-0.05, 0) is 38.5 Å². The molecule has 0 aliphatic carbocycles. The van der Waals surface area contributed by atoms with Crippen LogP contribution in [0.3, 0.4) is 0 Å². The Morgan fingerprint density at radius 2 is 1.96 bits per heavy atom. The van der Waals surface area contributed by atoms with Crippen molar-refractivity contribution in [3.05, 3.63) is 57.3 Å². The summed E-state index contributed by atoms with van der Waals surface area (Å²) in [5.74, 6) is -1.04. The fraction of sp³-hybridized carbons (Fsp3) is 0.333. The Hall–Kier alpha value is -3.09. The lowest BCUT2D eigenvalue weighted by Crippen LogP contribution is -2.24. The van der Waals surface area contributed by atoms with E-state index in [1.165, 1.54) is 23.9 Å². The van der Waals surface area contributed by atoms with E-state index in [2.05, 4.69) is 5.32 Å². The highest BCUT2D eigenvalue weighted by Crippen LogP contribution is 2.30. The van der Waals surface area contributed by atoms with Crippen molar-refractivity contribution >= 4 is 28.4 Å². The number of aromatic nitrogens is 1. The number of pyridine rings is 1. The number of halogens is 1. The first-order valence-corrected chi connectivity index (χ1v) is 9.16. The summed E-state index contributed by atoms with van der Waals surface area (Å²) in [5, 5.41) is 3.14. The normalized spacial score (nSPS) is 10.4. The number of carbonyl (C=O) groups excluding carboxylic acids is 1. The molecule has 3 aromatic rings. The van der Waals surface area contributed by atoms with Crippen molar-refractivity contribution in [2.24, 2.45) is 7.05 Å². The van der Waals surface area contributed by atoms with Crippen molar-refractivity contribution in [3.8, 4) is 0 Å². The Morgan fingerprint density at radius 1 is 1.29 bits per heavy atom. The Balaban J connectivity index is 0.00000136. The van der Waals surface area contributed by atoms with E-state index >= 15 is 0 Å². The molecule has 0 atom stereocenters. The summed E-state index contributed by atoms with van der Waals surface area (Å²) in [6.07, 6.45) is 1.41. The van der Waals surface area contributed by atoms with Gasteiger partial charge in [-0.2, -0.15) is 0 Å². The number of aryl methyl sites for hydroxylation is 2. The highest BCUT2D eigenvalue weighted by molar-refractivity contribution is 6.07. The minimum Gasteiger partial charge on any atom is -0.463 e. The van der Waals surface area contributed by atoms with Crippen molar-refractivity contribution in [3.63, 3.8) is 0 Å². The van der Waals surface area contributed by atoms with Crippen molar-refractivity contribution in [2.45, 2.75) is 34.6 Å². The molecule has 150 valence electrons. The van der Waals surface area contributed by atoms with Gasteiger partial charge in [-0.1, -0.05) is 19.9 Å². The quantitative estimate of drug-likeness (QED) is 0.648. The van der Waals surface area contributed by atoms with Gasteiger partial charge in [0.15, 0.2) is 5.58 Å². The minimum atomic E-state index is -0.655. The molecule has 0 amide bonds. The van der Waals surface area contributed by atoms with Gasteiger partial charge in [0.2, 0.25) is 0 Å². The highest BCUT2D eigenvalue weighted by atomic mass is 19.1. The maximum atomic E-state index is 14.3. The van der Waals surface area contributed by atoms with Gasteiger partial charge in [0.1, 0.15) is 17.2 Å². The Labute approximate surface area is 162 Å². The van der Waals surface area contributed by atoms with Gasteiger partial charge in [-0.3, -0.25) is 9.36 Å². The molecule has 1 N–H and O–H groups in total. The molecule has 0 aliphatic rings. The average Bonchev–Trinajstić information content (AvgIpc) is 3.04. The third kappa shape index (κ3) is 3.78. The first-order chi connectivity index (χ1) is 13.3. The molecule has 2 heterocycles. The zero-order valence-corrected chi connectivity index (χ0v) is 17.0. The molecule has 0 fully saturated rings. The maximum absolute atomic E-state index is 14.3.